The van der Waals surface area contributed by atoms with E-state index in [9.17, 15) is 13.2 Å². The molecular formula is C9H10F3N3O. The van der Waals surface area contributed by atoms with Gasteiger partial charge in [-0.1, -0.05) is 0 Å². The lowest BCUT2D eigenvalue weighted by molar-refractivity contribution is -0.141. The van der Waals surface area contributed by atoms with E-state index >= 15 is 0 Å². The highest BCUT2D eigenvalue weighted by Crippen LogP contribution is 2.33. The van der Waals surface area contributed by atoms with Crippen molar-refractivity contribution in [2.75, 3.05) is 23.9 Å². The Bertz CT molecular complexity index is 388. The summed E-state index contributed by atoms with van der Waals surface area (Å²) in [5.41, 5.74) is 4.99. The zero-order valence-electron chi connectivity index (χ0n) is 8.29. The number of hydrogen-bond acceptors (Lipinski definition) is 4. The maximum Gasteiger partial charge on any atom is 0.433 e. The smallest absolute Gasteiger partial charge is 0.396 e. The number of hydroxylamine groups is 1. The van der Waals surface area contributed by atoms with Crippen molar-refractivity contribution in [2.45, 2.75) is 12.6 Å². The van der Waals surface area contributed by atoms with Gasteiger partial charge < -0.3 is 5.73 Å². The highest BCUT2D eigenvalue weighted by atomic mass is 19.4. The Morgan fingerprint density at radius 1 is 1.44 bits per heavy atom. The van der Waals surface area contributed by atoms with Crippen LogP contribution in [0.2, 0.25) is 0 Å². The van der Waals surface area contributed by atoms with Crippen molar-refractivity contribution < 1.29 is 18.0 Å². The van der Waals surface area contributed by atoms with Gasteiger partial charge in [-0.25, -0.2) is 4.98 Å². The molecule has 16 heavy (non-hydrogen) atoms. The van der Waals surface area contributed by atoms with Crippen LogP contribution < -0.4 is 10.8 Å². The first-order valence-corrected chi connectivity index (χ1v) is 4.71. The highest BCUT2D eigenvalue weighted by Gasteiger charge is 2.33. The highest BCUT2D eigenvalue weighted by molar-refractivity contribution is 5.66. The van der Waals surface area contributed by atoms with Crippen LogP contribution in [0, 0.1) is 0 Å². The van der Waals surface area contributed by atoms with Crippen LogP contribution in [-0.4, -0.2) is 18.1 Å². The number of nitrogens with zero attached hydrogens (tertiary/aromatic N) is 2. The predicted molar refractivity (Wildman–Crippen MR) is 51.6 cm³/mol. The standard InChI is InChI=1S/C9H10F3N3O/c10-9(11,12)8-4-7(6(13)5-14-8)15-2-1-3-16-15/h4-5H,1-3,13H2. The van der Waals surface area contributed by atoms with E-state index < -0.39 is 11.9 Å². The van der Waals surface area contributed by atoms with Crippen LogP contribution in [0.4, 0.5) is 24.5 Å². The van der Waals surface area contributed by atoms with Crippen LogP contribution in [-0.2, 0) is 11.0 Å². The number of nitrogen functional groups attached to an aromatic ring is 1. The van der Waals surface area contributed by atoms with E-state index in [0.717, 1.165) is 18.7 Å². The van der Waals surface area contributed by atoms with Gasteiger partial charge in [-0.15, -0.1) is 0 Å². The van der Waals surface area contributed by atoms with Crippen LogP contribution in [0.1, 0.15) is 12.1 Å². The Hall–Kier alpha value is -1.50. The number of rotatable bonds is 1. The summed E-state index contributed by atoms with van der Waals surface area (Å²) in [5.74, 6) is 0. The lowest BCUT2D eigenvalue weighted by Gasteiger charge is -2.19. The fraction of sp³-hybridized carbons (Fsp3) is 0.444. The number of hydrogen-bond donors (Lipinski definition) is 1. The van der Waals surface area contributed by atoms with Crippen molar-refractivity contribution in [3.8, 4) is 0 Å². The Labute approximate surface area is 89.8 Å². The first kappa shape index (κ1) is 11.0. The average molecular weight is 233 g/mol. The first-order chi connectivity index (χ1) is 7.48. The molecule has 1 aliphatic rings. The second-order valence-corrected chi connectivity index (χ2v) is 3.42. The Balaban J connectivity index is 2.36. The largest absolute Gasteiger partial charge is 0.433 e. The monoisotopic (exact) mass is 233 g/mol. The third-order valence-electron chi connectivity index (χ3n) is 2.22. The molecule has 0 radical (unpaired) electrons. The van der Waals surface area contributed by atoms with Gasteiger partial charge >= 0.3 is 6.18 Å². The van der Waals surface area contributed by atoms with Crippen LogP contribution >= 0.6 is 0 Å². The number of pyridine rings is 1. The van der Waals surface area contributed by atoms with E-state index in [1.165, 1.54) is 5.06 Å². The molecule has 1 fully saturated rings. The summed E-state index contributed by atoms with van der Waals surface area (Å²) in [4.78, 5) is 8.40. The summed E-state index contributed by atoms with van der Waals surface area (Å²) >= 11 is 0. The number of halogens is 3. The van der Waals surface area contributed by atoms with E-state index in [1.807, 2.05) is 0 Å². The number of aromatic nitrogens is 1. The van der Waals surface area contributed by atoms with Crippen LogP contribution in [0.15, 0.2) is 12.3 Å². The topological polar surface area (TPSA) is 51.4 Å². The van der Waals surface area contributed by atoms with Crippen molar-refractivity contribution in [2.24, 2.45) is 0 Å². The Kier molecular flexibility index (Phi) is 2.63. The van der Waals surface area contributed by atoms with E-state index in [1.54, 1.807) is 0 Å². The van der Waals surface area contributed by atoms with E-state index in [-0.39, 0.29) is 11.4 Å². The number of anilines is 2. The van der Waals surface area contributed by atoms with E-state index in [4.69, 9.17) is 10.6 Å². The summed E-state index contributed by atoms with van der Waals surface area (Å²) < 4.78 is 37.3. The SMILES string of the molecule is Nc1cnc(C(F)(F)F)cc1N1CCCO1. The number of nitrogens with two attached hydrogens (primary N) is 1. The molecule has 2 N–H and O–H groups in total. The van der Waals surface area contributed by atoms with Crippen LogP contribution in [0.3, 0.4) is 0 Å². The van der Waals surface area contributed by atoms with Gasteiger partial charge in [-0.05, 0) is 12.5 Å². The molecule has 1 aromatic heterocycles. The van der Waals surface area contributed by atoms with Gasteiger partial charge in [0.2, 0.25) is 0 Å². The van der Waals surface area contributed by atoms with E-state index in [0.29, 0.717) is 13.2 Å². The molecule has 0 atom stereocenters. The second kappa shape index (κ2) is 3.82. The third-order valence-corrected chi connectivity index (χ3v) is 2.22. The van der Waals surface area contributed by atoms with Crippen molar-refractivity contribution >= 4 is 11.4 Å². The molecule has 2 heterocycles. The molecule has 2 rings (SSSR count). The molecule has 0 spiro atoms. The molecule has 4 nitrogen and oxygen atoms in total. The zero-order chi connectivity index (χ0) is 11.8. The lowest BCUT2D eigenvalue weighted by Crippen LogP contribution is -2.19. The summed E-state index contributed by atoms with van der Waals surface area (Å²) in [6.45, 7) is 1.02. The molecule has 88 valence electrons. The first-order valence-electron chi connectivity index (χ1n) is 4.71. The van der Waals surface area contributed by atoms with Gasteiger partial charge in [0.05, 0.1) is 24.2 Å². The van der Waals surface area contributed by atoms with Gasteiger partial charge in [0, 0.05) is 6.54 Å². The minimum Gasteiger partial charge on any atom is -0.396 e. The summed E-state index contributed by atoms with van der Waals surface area (Å²) in [6, 6.07) is 0.903. The normalized spacial score (nSPS) is 16.8. The maximum atomic E-state index is 12.4. The van der Waals surface area contributed by atoms with Gasteiger partial charge in [0.25, 0.3) is 0 Å². The predicted octanol–water partition coefficient (Wildman–Crippen LogP) is 1.82. The third kappa shape index (κ3) is 2.04. The maximum absolute atomic E-state index is 12.4. The molecule has 0 aliphatic carbocycles. The van der Waals surface area contributed by atoms with Gasteiger partial charge in [0.1, 0.15) is 5.69 Å². The number of alkyl halides is 3. The van der Waals surface area contributed by atoms with Crippen LogP contribution in [0.5, 0.6) is 0 Å². The molecular weight excluding hydrogens is 223 g/mol. The van der Waals surface area contributed by atoms with Crippen molar-refractivity contribution in [1.29, 1.82) is 0 Å². The lowest BCUT2D eigenvalue weighted by atomic mass is 10.2. The molecule has 1 aliphatic heterocycles. The van der Waals surface area contributed by atoms with Crippen molar-refractivity contribution in [3.05, 3.63) is 18.0 Å². The molecule has 0 aromatic carbocycles. The Morgan fingerprint density at radius 3 is 2.75 bits per heavy atom. The van der Waals surface area contributed by atoms with Gasteiger partial charge in [-0.2, -0.15) is 13.2 Å². The van der Waals surface area contributed by atoms with Crippen molar-refractivity contribution in [3.63, 3.8) is 0 Å². The molecule has 7 heteroatoms. The molecule has 0 saturated carbocycles. The quantitative estimate of drug-likeness (QED) is 0.803. The van der Waals surface area contributed by atoms with Gasteiger partial charge in [-0.3, -0.25) is 9.90 Å². The van der Waals surface area contributed by atoms with Crippen LogP contribution in [0.25, 0.3) is 0 Å². The fourth-order valence-electron chi connectivity index (χ4n) is 1.46. The molecule has 1 aromatic rings. The minimum atomic E-state index is -4.47. The summed E-state index contributed by atoms with van der Waals surface area (Å²) in [6.07, 6.45) is -2.70. The van der Waals surface area contributed by atoms with Crippen molar-refractivity contribution in [1.82, 2.24) is 4.98 Å². The minimum absolute atomic E-state index is 0.176. The van der Waals surface area contributed by atoms with Gasteiger partial charge in [0.15, 0.2) is 0 Å². The van der Waals surface area contributed by atoms with E-state index in [2.05, 4.69) is 4.98 Å². The Morgan fingerprint density at radius 2 is 2.19 bits per heavy atom. The average Bonchev–Trinajstić information content (AvgIpc) is 2.69. The molecule has 1 saturated heterocycles. The summed E-state index contributed by atoms with van der Waals surface area (Å²) in [7, 11) is 0. The second-order valence-electron chi connectivity index (χ2n) is 3.42. The molecule has 0 bridgehead atoms. The fourth-order valence-corrected chi connectivity index (χ4v) is 1.46. The molecule has 0 amide bonds. The summed E-state index contributed by atoms with van der Waals surface area (Å²) in [5, 5.41) is 1.37. The zero-order valence-corrected chi connectivity index (χ0v) is 8.29. The molecule has 0 unspecified atom stereocenters.